The number of carbonyl (C=O) groups excluding carboxylic acids is 1. The minimum atomic E-state index is -3.28. The van der Waals surface area contributed by atoms with Crippen molar-refractivity contribution in [3.8, 4) is 0 Å². The normalized spacial score (nSPS) is 12.9. The number of hydrogen-bond acceptors (Lipinski definition) is 3. The van der Waals surface area contributed by atoms with Crippen LogP contribution in [0.25, 0.3) is 0 Å². The average Bonchev–Trinajstić information content (AvgIpc) is 2.06. The highest BCUT2D eigenvalue weighted by Crippen LogP contribution is 2.16. The van der Waals surface area contributed by atoms with E-state index in [-0.39, 0.29) is 25.2 Å². The molecule has 0 spiro atoms. The molecule has 2 amide bonds. The molecule has 0 aliphatic rings. The van der Waals surface area contributed by atoms with E-state index in [1.165, 1.54) is 10.6 Å². The quantitative estimate of drug-likeness (QED) is 0.779. The Morgan fingerprint density at radius 1 is 1.28 bits per heavy atom. The molecule has 0 heterocycles. The second-order valence-corrected chi connectivity index (χ2v) is 7.47. The second-order valence-electron chi connectivity index (χ2n) is 5.56. The molecule has 0 rings (SSSR count). The molecule has 0 aromatic heterocycles. The molecule has 0 atom stereocenters. The van der Waals surface area contributed by atoms with E-state index < -0.39 is 15.6 Å². The fraction of sp³-hybridized carbons (Fsp3) is 0.909. The molecular weight excluding hydrogens is 254 g/mol. The smallest absolute Gasteiger partial charge is 0.315 e. The maximum absolute atomic E-state index is 11.6. The zero-order chi connectivity index (χ0) is 14.6. The van der Waals surface area contributed by atoms with Crippen molar-refractivity contribution in [3.63, 3.8) is 0 Å². The van der Waals surface area contributed by atoms with Crippen LogP contribution in [0, 0.1) is 0 Å². The van der Waals surface area contributed by atoms with Gasteiger partial charge in [0, 0.05) is 24.7 Å². The minimum absolute atomic E-state index is 0.0543. The third-order valence-electron chi connectivity index (χ3n) is 2.17. The maximum atomic E-state index is 11.6. The minimum Gasteiger partial charge on any atom is -0.337 e. The lowest BCUT2D eigenvalue weighted by Gasteiger charge is -2.33. The Morgan fingerprint density at radius 2 is 1.78 bits per heavy atom. The number of hydrogen-bond donors (Lipinski definition) is 2. The molecule has 18 heavy (non-hydrogen) atoms. The number of nitrogens with zero attached hydrogens (tertiary/aromatic N) is 1. The summed E-state index contributed by atoms with van der Waals surface area (Å²) in [6, 6.07) is -0.231. The molecule has 0 bridgehead atoms. The molecule has 2 N–H and O–H groups in total. The largest absolute Gasteiger partial charge is 0.337 e. The van der Waals surface area contributed by atoms with Crippen molar-refractivity contribution in [2.24, 2.45) is 0 Å². The van der Waals surface area contributed by atoms with Crippen LogP contribution in [0.5, 0.6) is 0 Å². The van der Waals surface area contributed by atoms with Crippen LogP contribution in [0.2, 0.25) is 0 Å². The maximum Gasteiger partial charge on any atom is 0.315 e. The van der Waals surface area contributed by atoms with Crippen molar-refractivity contribution in [2.75, 3.05) is 19.3 Å². The number of urea groups is 1. The Labute approximate surface area is 110 Å². The Bertz CT molecular complexity index is 371. The van der Waals surface area contributed by atoms with E-state index in [1.54, 1.807) is 0 Å². The van der Waals surface area contributed by atoms with Gasteiger partial charge < -0.3 is 10.6 Å². The lowest BCUT2D eigenvalue weighted by Crippen LogP contribution is -2.49. The molecule has 6 nitrogen and oxygen atoms in total. The van der Waals surface area contributed by atoms with E-state index in [0.717, 1.165) is 0 Å². The van der Waals surface area contributed by atoms with Gasteiger partial charge >= 0.3 is 6.03 Å². The number of nitrogens with one attached hydrogen (secondary N) is 2. The highest BCUT2D eigenvalue weighted by atomic mass is 32.2. The van der Waals surface area contributed by atoms with Crippen LogP contribution in [0.1, 0.15) is 34.6 Å². The van der Waals surface area contributed by atoms with Gasteiger partial charge in [0.05, 0.1) is 6.26 Å². The first-order valence-corrected chi connectivity index (χ1v) is 7.81. The number of amides is 2. The molecule has 0 radical (unpaired) electrons. The van der Waals surface area contributed by atoms with E-state index in [9.17, 15) is 13.2 Å². The van der Waals surface area contributed by atoms with Crippen LogP contribution in [-0.4, -0.2) is 49.7 Å². The van der Waals surface area contributed by atoms with Gasteiger partial charge in [0.1, 0.15) is 0 Å². The summed E-state index contributed by atoms with van der Waals surface area (Å²) in [5.41, 5.74) is -0.496. The van der Waals surface area contributed by atoms with Crippen LogP contribution in [0.15, 0.2) is 0 Å². The highest BCUT2D eigenvalue weighted by Gasteiger charge is 2.28. The van der Waals surface area contributed by atoms with Gasteiger partial charge in [-0.2, -0.15) is 4.31 Å². The van der Waals surface area contributed by atoms with Crippen molar-refractivity contribution in [1.29, 1.82) is 0 Å². The van der Waals surface area contributed by atoms with E-state index in [0.29, 0.717) is 0 Å². The van der Waals surface area contributed by atoms with Gasteiger partial charge in [0.25, 0.3) is 0 Å². The molecule has 0 aromatic rings. The zero-order valence-corrected chi connectivity index (χ0v) is 12.9. The third-order valence-corrected chi connectivity index (χ3v) is 3.70. The standard InChI is InChI=1S/C11H25N3O3S/c1-9(2)13-10(15)12-7-8-14(11(3,4)5)18(6,16)17/h9H,7-8H2,1-6H3,(H2,12,13,15). The first kappa shape index (κ1) is 17.2. The first-order chi connectivity index (χ1) is 7.94. The third kappa shape index (κ3) is 6.80. The van der Waals surface area contributed by atoms with Crippen LogP contribution in [0.3, 0.4) is 0 Å². The van der Waals surface area contributed by atoms with Gasteiger partial charge in [0.15, 0.2) is 0 Å². The van der Waals surface area contributed by atoms with Crippen LogP contribution in [0.4, 0.5) is 4.79 Å². The summed E-state index contributed by atoms with van der Waals surface area (Å²) < 4.78 is 24.6. The molecule has 7 heteroatoms. The van der Waals surface area contributed by atoms with Gasteiger partial charge in [-0.1, -0.05) is 0 Å². The summed E-state index contributed by atoms with van der Waals surface area (Å²) in [4.78, 5) is 11.3. The number of sulfonamides is 1. The molecule has 0 saturated heterocycles. The van der Waals surface area contributed by atoms with Gasteiger partial charge in [-0.05, 0) is 34.6 Å². The summed E-state index contributed by atoms with van der Waals surface area (Å²) in [6.45, 7) is 9.72. The predicted molar refractivity (Wildman–Crippen MR) is 73.0 cm³/mol. The Morgan fingerprint density at radius 3 is 2.11 bits per heavy atom. The molecule has 108 valence electrons. The molecule has 0 unspecified atom stereocenters. The predicted octanol–water partition coefficient (Wildman–Crippen LogP) is 0.754. The van der Waals surface area contributed by atoms with Gasteiger partial charge in [-0.3, -0.25) is 0 Å². The van der Waals surface area contributed by atoms with Crippen molar-refractivity contribution < 1.29 is 13.2 Å². The second kappa shape index (κ2) is 6.38. The Hall–Kier alpha value is -0.820. The Balaban J connectivity index is 4.36. The number of carbonyl (C=O) groups is 1. The van der Waals surface area contributed by atoms with Crippen LogP contribution < -0.4 is 10.6 Å². The van der Waals surface area contributed by atoms with Gasteiger partial charge in [0.2, 0.25) is 10.0 Å². The summed E-state index contributed by atoms with van der Waals surface area (Å²) in [5.74, 6) is 0. The topological polar surface area (TPSA) is 78.5 Å². The highest BCUT2D eigenvalue weighted by molar-refractivity contribution is 7.88. The molecule has 0 saturated carbocycles. The van der Waals surface area contributed by atoms with E-state index in [4.69, 9.17) is 0 Å². The van der Waals surface area contributed by atoms with Gasteiger partial charge in [-0.15, -0.1) is 0 Å². The summed E-state index contributed by atoms with van der Waals surface area (Å²) >= 11 is 0. The van der Waals surface area contributed by atoms with E-state index >= 15 is 0 Å². The summed E-state index contributed by atoms with van der Waals surface area (Å²) in [7, 11) is -3.28. The fourth-order valence-electron chi connectivity index (χ4n) is 1.58. The molecule has 0 aromatic carbocycles. The molecule has 0 fully saturated rings. The molecule has 0 aliphatic heterocycles. The van der Waals surface area contributed by atoms with Crippen molar-refractivity contribution >= 4 is 16.1 Å². The zero-order valence-electron chi connectivity index (χ0n) is 12.1. The average molecular weight is 279 g/mol. The fourth-order valence-corrected chi connectivity index (χ4v) is 3.00. The number of rotatable bonds is 5. The van der Waals surface area contributed by atoms with Crippen LogP contribution in [-0.2, 0) is 10.0 Å². The Kier molecular flexibility index (Phi) is 6.09. The molecule has 0 aliphatic carbocycles. The van der Waals surface area contributed by atoms with E-state index in [2.05, 4.69) is 10.6 Å². The summed E-state index contributed by atoms with van der Waals surface area (Å²) in [5, 5.41) is 5.31. The van der Waals surface area contributed by atoms with Crippen LogP contribution >= 0.6 is 0 Å². The monoisotopic (exact) mass is 279 g/mol. The SMILES string of the molecule is CC(C)NC(=O)NCCN(C(C)(C)C)S(C)(=O)=O. The summed E-state index contributed by atoms with van der Waals surface area (Å²) in [6.07, 6.45) is 1.17. The van der Waals surface area contributed by atoms with E-state index in [1.807, 2.05) is 34.6 Å². The van der Waals surface area contributed by atoms with Gasteiger partial charge in [-0.25, -0.2) is 13.2 Å². The first-order valence-electron chi connectivity index (χ1n) is 5.97. The lowest BCUT2D eigenvalue weighted by molar-refractivity contribution is 0.229. The van der Waals surface area contributed by atoms with Crippen molar-refractivity contribution in [2.45, 2.75) is 46.2 Å². The van der Waals surface area contributed by atoms with Crippen molar-refractivity contribution in [1.82, 2.24) is 14.9 Å². The lowest BCUT2D eigenvalue weighted by atomic mass is 10.1. The van der Waals surface area contributed by atoms with Crippen molar-refractivity contribution in [3.05, 3.63) is 0 Å². The molecular formula is C11H25N3O3S.